The molecule has 2 aromatic heterocycles. The summed E-state index contributed by atoms with van der Waals surface area (Å²) in [6, 6.07) is 17.8. The molecule has 3 aromatic carbocycles. The van der Waals surface area contributed by atoms with Gasteiger partial charge in [0, 0.05) is 86.7 Å². The molecule has 2 aliphatic rings. The summed E-state index contributed by atoms with van der Waals surface area (Å²) in [5, 5.41) is 11.4. The minimum atomic E-state index is -1.20. The third kappa shape index (κ3) is 13.4. The Bertz CT molecular complexity index is 2660. The van der Waals surface area contributed by atoms with Crippen molar-refractivity contribution >= 4 is 52.7 Å². The summed E-state index contributed by atoms with van der Waals surface area (Å²) in [5.74, 6) is -1.37. The number of ether oxygens (including phenoxy) is 2. The molecule has 1 aliphatic heterocycles. The summed E-state index contributed by atoms with van der Waals surface area (Å²) in [6.07, 6.45) is 8.09. The number of nitrogens with zero attached hydrogens (tertiary/aromatic N) is 8. The molecule has 0 radical (unpaired) electrons. The molecule has 5 amide bonds. The molecule has 72 heavy (non-hydrogen) atoms. The highest BCUT2D eigenvalue weighted by molar-refractivity contribution is 6.31. The van der Waals surface area contributed by atoms with Crippen LogP contribution in [0.15, 0.2) is 91.4 Å². The Labute approximate surface area is 431 Å². The van der Waals surface area contributed by atoms with E-state index in [-0.39, 0.29) is 56.4 Å². The lowest BCUT2D eigenvalue weighted by molar-refractivity contribution is -0.147. The van der Waals surface area contributed by atoms with Crippen molar-refractivity contribution in [1.82, 2.24) is 49.6 Å². The van der Waals surface area contributed by atoms with E-state index in [1.54, 1.807) is 79.4 Å². The maximum atomic E-state index is 15.1. The topological polar surface area (TPSA) is 176 Å². The molecule has 2 fully saturated rings. The van der Waals surface area contributed by atoms with E-state index < -0.39 is 41.8 Å². The second-order valence-corrected chi connectivity index (χ2v) is 20.1. The molecule has 0 spiro atoms. The van der Waals surface area contributed by atoms with Crippen molar-refractivity contribution < 1.29 is 33.4 Å². The number of benzene rings is 3. The Morgan fingerprint density at radius 1 is 0.847 bits per heavy atom. The zero-order valence-corrected chi connectivity index (χ0v) is 43.6. The molecule has 7 rings (SSSR count). The number of likely N-dealkylation sites (N-methyl/N-ethyl adjacent to an activating group) is 2. The van der Waals surface area contributed by atoms with Crippen LogP contribution < -0.4 is 15.4 Å². The van der Waals surface area contributed by atoms with E-state index in [1.807, 2.05) is 68.3 Å². The molecule has 19 heteroatoms. The summed E-state index contributed by atoms with van der Waals surface area (Å²) < 4.78 is 15.7. The SMILES string of the molecule is COC[C@@H]1NC(=O)[C@H](C)N(Cc2ccc(Cl)cc2Oc2ccc(-c3cnc(CN(C)C)n3C)cc2)C(=O)C[C@H](Cn2cccn2)C(=O)N(C)[C@H]2CCCC[C@@H]2NC(=O)C[C@H](Cc2ccc(Cl)cc2)N(C)C1=O. The highest BCUT2D eigenvalue weighted by atomic mass is 35.5. The van der Waals surface area contributed by atoms with Gasteiger partial charge in [0.1, 0.15) is 29.4 Å². The first-order valence-electron chi connectivity index (χ1n) is 24.3. The molecule has 1 saturated carbocycles. The molecular weight excluding hydrogens is 960 g/mol. The van der Waals surface area contributed by atoms with Crippen LogP contribution in [0.4, 0.5) is 0 Å². The Morgan fingerprint density at radius 2 is 1.57 bits per heavy atom. The van der Waals surface area contributed by atoms with E-state index in [2.05, 4.69) is 25.6 Å². The largest absolute Gasteiger partial charge is 0.457 e. The number of halogens is 2. The van der Waals surface area contributed by atoms with Crippen LogP contribution in [-0.4, -0.2) is 141 Å². The zero-order valence-electron chi connectivity index (χ0n) is 42.1. The first kappa shape index (κ1) is 53.5. The predicted octanol–water partition coefficient (Wildman–Crippen LogP) is 6.36. The number of rotatable bonds is 13. The van der Waals surface area contributed by atoms with Gasteiger partial charge in [0.05, 0.1) is 50.1 Å². The monoisotopic (exact) mass is 1020 g/mol. The molecule has 1 aliphatic carbocycles. The van der Waals surface area contributed by atoms with Crippen LogP contribution in [-0.2, 0) is 61.8 Å². The molecule has 2 N–H and O–H groups in total. The van der Waals surface area contributed by atoms with Gasteiger partial charge in [-0.2, -0.15) is 5.10 Å². The van der Waals surface area contributed by atoms with Crippen molar-refractivity contribution in [2.75, 3.05) is 41.9 Å². The summed E-state index contributed by atoms with van der Waals surface area (Å²) in [6.45, 7) is 2.01. The fraction of sp³-hybridized carbons (Fsp3) is 0.453. The van der Waals surface area contributed by atoms with Gasteiger partial charge in [0.2, 0.25) is 29.5 Å². The molecule has 3 heterocycles. The number of amides is 5. The molecular formula is C53H66Cl2N10O7. The van der Waals surface area contributed by atoms with Gasteiger partial charge in [-0.1, -0.05) is 54.2 Å². The lowest BCUT2D eigenvalue weighted by atomic mass is 9.88. The lowest BCUT2D eigenvalue weighted by Crippen LogP contribution is -2.58. The minimum Gasteiger partial charge on any atom is -0.457 e. The summed E-state index contributed by atoms with van der Waals surface area (Å²) in [5.41, 5.74) is 3.25. The predicted molar refractivity (Wildman–Crippen MR) is 275 cm³/mol. The third-order valence-corrected chi connectivity index (χ3v) is 14.3. The minimum absolute atomic E-state index is 0.0576. The van der Waals surface area contributed by atoms with E-state index in [0.717, 1.165) is 35.5 Å². The van der Waals surface area contributed by atoms with Crippen LogP contribution in [0.25, 0.3) is 11.3 Å². The number of hydrogen-bond acceptors (Lipinski definition) is 10. The van der Waals surface area contributed by atoms with Gasteiger partial charge < -0.3 is 44.3 Å². The molecule has 6 atom stereocenters. The van der Waals surface area contributed by atoms with Gasteiger partial charge in [-0.25, -0.2) is 4.98 Å². The van der Waals surface area contributed by atoms with Gasteiger partial charge in [0.25, 0.3) is 0 Å². The van der Waals surface area contributed by atoms with Crippen molar-refractivity contribution in [2.24, 2.45) is 13.0 Å². The average Bonchev–Trinajstić information content (AvgIpc) is 4.01. The molecule has 1 saturated heterocycles. The van der Waals surface area contributed by atoms with E-state index in [9.17, 15) is 19.2 Å². The number of aromatic nitrogens is 4. The van der Waals surface area contributed by atoms with Crippen LogP contribution in [0.2, 0.25) is 10.0 Å². The summed E-state index contributed by atoms with van der Waals surface area (Å²) >= 11 is 12.8. The molecule has 0 unspecified atom stereocenters. The summed E-state index contributed by atoms with van der Waals surface area (Å²) in [4.78, 5) is 84.7. The van der Waals surface area contributed by atoms with Gasteiger partial charge in [-0.3, -0.25) is 28.7 Å². The number of nitrogens with one attached hydrogen (secondary N) is 2. The number of imidazole rings is 1. The maximum Gasteiger partial charge on any atom is 0.247 e. The van der Waals surface area contributed by atoms with Crippen LogP contribution in [0, 0.1) is 5.92 Å². The zero-order chi connectivity index (χ0) is 51.6. The van der Waals surface area contributed by atoms with Crippen LogP contribution in [0.5, 0.6) is 11.5 Å². The Hall–Kier alpha value is -6.27. The lowest BCUT2D eigenvalue weighted by Gasteiger charge is -2.40. The fourth-order valence-electron chi connectivity index (χ4n) is 9.65. The highest BCUT2D eigenvalue weighted by Crippen LogP contribution is 2.33. The smallest absolute Gasteiger partial charge is 0.247 e. The van der Waals surface area contributed by atoms with Gasteiger partial charge in [-0.05, 0) is 100 Å². The highest BCUT2D eigenvalue weighted by Gasteiger charge is 2.39. The van der Waals surface area contributed by atoms with Gasteiger partial charge >= 0.3 is 0 Å². The third-order valence-electron chi connectivity index (χ3n) is 13.8. The normalized spacial score (nSPS) is 22.1. The number of carbonyl (C=O) groups excluding carboxylic acids is 5. The van der Waals surface area contributed by atoms with Crippen LogP contribution in [0.1, 0.15) is 62.4 Å². The van der Waals surface area contributed by atoms with Gasteiger partial charge in [0.15, 0.2) is 0 Å². The van der Waals surface area contributed by atoms with Crippen molar-refractivity contribution in [3.8, 4) is 22.8 Å². The first-order valence-corrected chi connectivity index (χ1v) is 25.1. The second kappa shape index (κ2) is 24.4. The molecule has 17 nitrogen and oxygen atoms in total. The summed E-state index contributed by atoms with van der Waals surface area (Å²) in [7, 11) is 10.7. The van der Waals surface area contributed by atoms with Gasteiger partial charge in [-0.15, -0.1) is 0 Å². The molecule has 384 valence electrons. The van der Waals surface area contributed by atoms with Crippen LogP contribution >= 0.6 is 23.2 Å². The molecule has 0 bridgehead atoms. The Kier molecular flexibility index (Phi) is 18.2. The van der Waals surface area contributed by atoms with E-state index in [4.69, 9.17) is 32.7 Å². The number of hydrogen-bond donors (Lipinski definition) is 2. The Balaban J connectivity index is 1.24. The van der Waals surface area contributed by atoms with E-state index >= 15 is 4.79 Å². The van der Waals surface area contributed by atoms with Crippen molar-refractivity contribution in [3.05, 3.63) is 118 Å². The standard InChI is InChI=1S/C53H66Cl2N10O7/c1-34-51(68)59-44(33-71-7)53(70)61(4)41(25-35-13-18-39(54)19-14-35)28-49(66)58-43-11-8-9-12-45(43)63(6)52(69)38(30-64-24-10-23-57-64)26-50(67)65(34)31-37-15-20-40(55)27-47(37)72-42-21-16-36(17-22-42)46-29-56-48(62(46)5)32-60(2)3/h10,13-24,27,29,34,38,41,43-45H,8-9,11-12,25-26,28,30-33H2,1-7H3,(H,58,66)(H,59,68)/t34-,38+,41-,43-,44-,45-/m0/s1. The van der Waals surface area contributed by atoms with Crippen LogP contribution in [0.3, 0.4) is 0 Å². The maximum absolute atomic E-state index is 15.1. The Morgan fingerprint density at radius 3 is 2.26 bits per heavy atom. The number of fused-ring (bicyclic) bond motifs is 1. The van der Waals surface area contributed by atoms with E-state index in [0.29, 0.717) is 52.9 Å². The average molecular weight is 1030 g/mol. The first-order chi connectivity index (χ1) is 34.5. The fourth-order valence-corrected chi connectivity index (χ4v) is 9.94. The molecule has 5 aromatic rings. The second-order valence-electron chi connectivity index (χ2n) is 19.2. The van der Waals surface area contributed by atoms with Crippen molar-refractivity contribution in [3.63, 3.8) is 0 Å². The number of methoxy groups -OCH3 is 1. The quantitative estimate of drug-likeness (QED) is 0.135. The van der Waals surface area contributed by atoms with Crippen molar-refractivity contribution in [2.45, 2.75) is 102 Å². The number of carbonyl (C=O) groups is 5. The van der Waals surface area contributed by atoms with E-state index in [1.165, 1.54) is 16.9 Å². The van der Waals surface area contributed by atoms with Crippen molar-refractivity contribution in [1.29, 1.82) is 0 Å².